The SMILES string of the molecule is CC(F)CN(C)Cc1cc(N(P)S)nn1C(C)C. The van der Waals surface area contributed by atoms with Crippen molar-refractivity contribution in [3.63, 3.8) is 0 Å². The minimum atomic E-state index is -0.826. The Labute approximate surface area is 116 Å². The number of nitrogens with zero attached hydrogens (tertiary/aromatic N) is 4. The molecule has 2 atom stereocenters. The molecule has 0 N–H and O–H groups in total. The maximum atomic E-state index is 13.0. The second-order valence-electron chi connectivity index (χ2n) is 4.85. The van der Waals surface area contributed by atoms with Crippen LogP contribution in [0.15, 0.2) is 6.07 Å². The van der Waals surface area contributed by atoms with Gasteiger partial charge in [-0.05, 0) is 37.2 Å². The second kappa shape index (κ2) is 6.73. The minimum absolute atomic E-state index is 0.267. The van der Waals surface area contributed by atoms with E-state index in [0.717, 1.165) is 11.5 Å². The molecule has 0 aliphatic carbocycles. The van der Waals surface area contributed by atoms with Crippen molar-refractivity contribution in [1.82, 2.24) is 14.7 Å². The first-order chi connectivity index (χ1) is 8.31. The van der Waals surface area contributed by atoms with E-state index in [4.69, 9.17) is 0 Å². The van der Waals surface area contributed by atoms with Crippen molar-refractivity contribution < 1.29 is 4.39 Å². The lowest BCUT2D eigenvalue weighted by Crippen LogP contribution is -2.26. The van der Waals surface area contributed by atoms with Gasteiger partial charge in [0.05, 0.1) is 5.69 Å². The van der Waals surface area contributed by atoms with Gasteiger partial charge in [0.25, 0.3) is 0 Å². The summed E-state index contributed by atoms with van der Waals surface area (Å²) in [5.41, 5.74) is 1.06. The van der Waals surface area contributed by atoms with E-state index in [0.29, 0.717) is 13.1 Å². The molecule has 0 aromatic carbocycles. The number of thiol groups is 1. The van der Waals surface area contributed by atoms with Gasteiger partial charge >= 0.3 is 0 Å². The van der Waals surface area contributed by atoms with Crippen LogP contribution in [-0.2, 0) is 6.54 Å². The first kappa shape index (κ1) is 15.7. The number of aromatic nitrogens is 2. The van der Waals surface area contributed by atoms with Crippen LogP contribution >= 0.6 is 22.2 Å². The molecule has 0 amide bonds. The van der Waals surface area contributed by atoms with E-state index in [1.54, 1.807) is 11.0 Å². The molecule has 104 valence electrons. The summed E-state index contributed by atoms with van der Waals surface area (Å²) in [6.45, 7) is 6.81. The maximum absolute atomic E-state index is 13.0. The average Bonchev–Trinajstić information content (AvgIpc) is 2.60. The largest absolute Gasteiger partial charge is 0.298 e. The van der Waals surface area contributed by atoms with Crippen LogP contribution in [0.3, 0.4) is 0 Å². The summed E-state index contributed by atoms with van der Waals surface area (Å²) in [4.78, 5) is 1.95. The molecule has 0 saturated carbocycles. The summed E-state index contributed by atoms with van der Waals surface area (Å²) in [6, 6.07) is 2.24. The van der Waals surface area contributed by atoms with E-state index >= 15 is 0 Å². The van der Waals surface area contributed by atoms with Gasteiger partial charge in [-0.3, -0.25) is 13.7 Å². The van der Waals surface area contributed by atoms with E-state index in [1.807, 2.05) is 22.7 Å². The van der Waals surface area contributed by atoms with Crippen molar-refractivity contribution in [1.29, 1.82) is 0 Å². The molecule has 0 radical (unpaired) electrons. The van der Waals surface area contributed by atoms with Gasteiger partial charge in [-0.25, -0.2) is 4.39 Å². The molecule has 0 bridgehead atoms. The van der Waals surface area contributed by atoms with E-state index in [-0.39, 0.29) is 6.04 Å². The molecule has 0 spiro atoms. The zero-order valence-corrected chi connectivity index (χ0v) is 13.4. The van der Waals surface area contributed by atoms with Gasteiger partial charge in [-0.2, -0.15) is 5.10 Å². The predicted molar refractivity (Wildman–Crippen MR) is 80.7 cm³/mol. The highest BCUT2D eigenvalue weighted by Crippen LogP contribution is 2.23. The van der Waals surface area contributed by atoms with Crippen LogP contribution < -0.4 is 4.08 Å². The first-order valence-electron chi connectivity index (χ1n) is 5.96. The summed E-state index contributed by atoms with van der Waals surface area (Å²) in [5, 5.41) is 4.47. The third kappa shape index (κ3) is 4.41. The van der Waals surface area contributed by atoms with E-state index in [1.165, 1.54) is 0 Å². The van der Waals surface area contributed by atoms with Crippen LogP contribution in [0, 0.1) is 0 Å². The Bertz CT molecular complexity index is 381. The predicted octanol–water partition coefficient (Wildman–Crippen LogP) is 2.70. The smallest absolute Gasteiger partial charge is 0.163 e. The zero-order chi connectivity index (χ0) is 13.9. The second-order valence-corrected chi connectivity index (χ2v) is 6.24. The van der Waals surface area contributed by atoms with Crippen molar-refractivity contribution in [2.45, 2.75) is 39.5 Å². The lowest BCUT2D eigenvalue weighted by Gasteiger charge is -2.19. The summed E-state index contributed by atoms with van der Waals surface area (Å²) >= 11 is 4.21. The van der Waals surface area contributed by atoms with Gasteiger partial charge < -0.3 is 0 Å². The van der Waals surface area contributed by atoms with Gasteiger partial charge in [0, 0.05) is 25.2 Å². The number of halogens is 1. The fourth-order valence-corrected chi connectivity index (χ4v) is 2.09. The fraction of sp³-hybridized carbons (Fsp3) is 0.727. The third-order valence-electron chi connectivity index (χ3n) is 2.52. The molecular weight excluding hydrogens is 270 g/mol. The van der Waals surface area contributed by atoms with Crippen molar-refractivity contribution in [2.24, 2.45) is 0 Å². The van der Waals surface area contributed by atoms with Gasteiger partial charge in [0.1, 0.15) is 6.17 Å². The number of hydrogen-bond donors (Lipinski definition) is 1. The van der Waals surface area contributed by atoms with Crippen LogP contribution in [0.2, 0.25) is 0 Å². The summed E-state index contributed by atoms with van der Waals surface area (Å²) in [6.07, 6.45) is -0.826. The van der Waals surface area contributed by atoms with Gasteiger partial charge in [0.2, 0.25) is 0 Å². The number of anilines is 1. The van der Waals surface area contributed by atoms with Crippen LogP contribution in [0.25, 0.3) is 0 Å². The Morgan fingerprint density at radius 2 is 2.11 bits per heavy atom. The molecule has 1 rings (SSSR count). The van der Waals surface area contributed by atoms with Crippen LogP contribution in [0.5, 0.6) is 0 Å². The molecule has 0 aliphatic rings. The molecule has 0 aliphatic heterocycles. The minimum Gasteiger partial charge on any atom is -0.298 e. The summed E-state index contributed by atoms with van der Waals surface area (Å²) < 4.78 is 16.5. The normalized spacial score (nSPS) is 13.4. The number of alkyl halides is 1. The first-order valence-corrected chi connectivity index (χ1v) is 6.87. The maximum Gasteiger partial charge on any atom is 0.163 e. The molecule has 0 fully saturated rings. The molecule has 0 saturated heterocycles. The van der Waals surface area contributed by atoms with Gasteiger partial charge in [-0.15, -0.1) is 0 Å². The topological polar surface area (TPSA) is 24.3 Å². The lowest BCUT2D eigenvalue weighted by atomic mass is 10.3. The molecule has 1 heterocycles. The van der Waals surface area contributed by atoms with Crippen molar-refractivity contribution in [3.05, 3.63) is 11.8 Å². The zero-order valence-electron chi connectivity index (χ0n) is 11.3. The Balaban J connectivity index is 2.86. The van der Waals surface area contributed by atoms with Gasteiger partial charge in [0.15, 0.2) is 5.82 Å². The van der Waals surface area contributed by atoms with Gasteiger partial charge in [-0.1, -0.05) is 12.8 Å². The van der Waals surface area contributed by atoms with E-state index in [9.17, 15) is 4.39 Å². The van der Waals surface area contributed by atoms with Crippen LogP contribution in [0.1, 0.15) is 32.5 Å². The highest BCUT2D eigenvalue weighted by atomic mass is 32.1. The molecule has 1 aromatic rings. The van der Waals surface area contributed by atoms with E-state index in [2.05, 4.69) is 41.2 Å². The fourth-order valence-electron chi connectivity index (χ4n) is 1.87. The molecule has 7 heteroatoms. The van der Waals surface area contributed by atoms with Crippen LogP contribution in [-0.4, -0.2) is 34.4 Å². The Morgan fingerprint density at radius 3 is 2.56 bits per heavy atom. The molecule has 1 aromatic heterocycles. The summed E-state index contributed by atoms with van der Waals surface area (Å²) in [7, 11) is 4.37. The average molecular weight is 292 g/mol. The molecular formula is C11H22FN4PS. The Morgan fingerprint density at radius 1 is 1.50 bits per heavy atom. The third-order valence-corrected chi connectivity index (χ3v) is 2.99. The van der Waals surface area contributed by atoms with Crippen molar-refractivity contribution in [3.8, 4) is 0 Å². The quantitative estimate of drug-likeness (QED) is 0.644. The van der Waals surface area contributed by atoms with Crippen molar-refractivity contribution in [2.75, 3.05) is 17.7 Å². The molecule has 18 heavy (non-hydrogen) atoms. The number of rotatable bonds is 6. The molecule has 4 nitrogen and oxygen atoms in total. The summed E-state index contributed by atoms with van der Waals surface area (Å²) in [5.74, 6) is 0.772. The lowest BCUT2D eigenvalue weighted by molar-refractivity contribution is 0.223. The Kier molecular flexibility index (Phi) is 5.89. The Hall–Kier alpha value is -0.320. The van der Waals surface area contributed by atoms with Crippen molar-refractivity contribution >= 4 is 28.0 Å². The highest BCUT2D eigenvalue weighted by Gasteiger charge is 2.14. The standard InChI is InChI=1S/C11H22FN4PS/c1-8(2)15-10(5-11(13-15)16(17)18)7-14(4)6-9(3)12/h5,8-9,18H,6-7,17H2,1-4H3. The van der Waals surface area contributed by atoms with E-state index < -0.39 is 6.17 Å². The highest BCUT2D eigenvalue weighted by molar-refractivity contribution is 7.86. The van der Waals surface area contributed by atoms with Crippen LogP contribution in [0.4, 0.5) is 10.2 Å². The monoisotopic (exact) mass is 292 g/mol. The molecule has 2 unspecified atom stereocenters. The number of hydrogen-bond acceptors (Lipinski definition) is 4.